The summed E-state index contributed by atoms with van der Waals surface area (Å²) >= 11 is 7.85. The molecular weight excluding hydrogens is 274 g/mol. The van der Waals surface area contributed by atoms with E-state index in [1.54, 1.807) is 11.8 Å². The molecule has 0 aliphatic carbocycles. The average Bonchev–Trinajstić information content (AvgIpc) is 2.38. The lowest BCUT2D eigenvalue weighted by Crippen LogP contribution is -1.91. The van der Waals surface area contributed by atoms with E-state index < -0.39 is 0 Å². The highest BCUT2D eigenvalue weighted by molar-refractivity contribution is 7.98. The monoisotopic (exact) mass is 291 g/mol. The standard InChI is InChI=1S/C16H18ClNS/c1-11(2)13-8-6-12(7-9-13)10-19-16-14(17)4-3-5-15(16)18/h3-9,11H,10,18H2,1-2H3. The first-order valence-corrected chi connectivity index (χ1v) is 7.70. The average molecular weight is 292 g/mol. The van der Waals surface area contributed by atoms with Gasteiger partial charge in [0.2, 0.25) is 0 Å². The fraction of sp³-hybridized carbons (Fsp3) is 0.250. The van der Waals surface area contributed by atoms with E-state index in [0.29, 0.717) is 5.92 Å². The van der Waals surface area contributed by atoms with Gasteiger partial charge in [-0.05, 0) is 29.2 Å². The minimum atomic E-state index is 0.570. The molecule has 0 fully saturated rings. The van der Waals surface area contributed by atoms with Gasteiger partial charge in [-0.15, -0.1) is 11.8 Å². The van der Waals surface area contributed by atoms with Crippen molar-refractivity contribution in [3.8, 4) is 0 Å². The summed E-state index contributed by atoms with van der Waals surface area (Å²) in [6.45, 7) is 4.41. The molecule has 2 rings (SSSR count). The van der Waals surface area contributed by atoms with Crippen LogP contribution in [0.1, 0.15) is 30.9 Å². The Morgan fingerprint density at radius 1 is 1.11 bits per heavy atom. The molecule has 3 heteroatoms. The minimum Gasteiger partial charge on any atom is -0.398 e. The van der Waals surface area contributed by atoms with Crippen LogP contribution in [-0.4, -0.2) is 0 Å². The molecule has 0 atom stereocenters. The van der Waals surface area contributed by atoms with Crippen LogP contribution in [0.2, 0.25) is 5.02 Å². The van der Waals surface area contributed by atoms with E-state index in [9.17, 15) is 0 Å². The van der Waals surface area contributed by atoms with Crippen molar-refractivity contribution < 1.29 is 0 Å². The number of benzene rings is 2. The normalized spacial score (nSPS) is 10.9. The van der Waals surface area contributed by atoms with E-state index in [1.165, 1.54) is 11.1 Å². The molecule has 0 radical (unpaired) electrons. The highest BCUT2D eigenvalue weighted by Crippen LogP contribution is 2.34. The highest BCUT2D eigenvalue weighted by Gasteiger charge is 2.06. The van der Waals surface area contributed by atoms with Crippen molar-refractivity contribution in [3.63, 3.8) is 0 Å². The van der Waals surface area contributed by atoms with Gasteiger partial charge in [0.1, 0.15) is 0 Å². The fourth-order valence-corrected chi connectivity index (χ4v) is 3.12. The number of halogens is 1. The molecule has 0 aliphatic rings. The van der Waals surface area contributed by atoms with Crippen molar-refractivity contribution in [2.75, 3.05) is 5.73 Å². The summed E-state index contributed by atoms with van der Waals surface area (Å²) in [4.78, 5) is 0.970. The summed E-state index contributed by atoms with van der Waals surface area (Å²) in [6.07, 6.45) is 0. The van der Waals surface area contributed by atoms with Crippen molar-refractivity contribution in [1.29, 1.82) is 0 Å². The summed E-state index contributed by atoms with van der Waals surface area (Å²) in [6, 6.07) is 14.4. The maximum atomic E-state index is 6.16. The quantitative estimate of drug-likeness (QED) is 0.608. The lowest BCUT2D eigenvalue weighted by molar-refractivity contribution is 0.866. The van der Waals surface area contributed by atoms with E-state index in [0.717, 1.165) is 21.4 Å². The Kier molecular flexibility index (Phi) is 4.78. The molecule has 0 heterocycles. The van der Waals surface area contributed by atoms with Crippen LogP contribution in [0, 0.1) is 0 Å². The zero-order valence-corrected chi connectivity index (χ0v) is 12.8. The van der Waals surface area contributed by atoms with Crippen LogP contribution in [0.4, 0.5) is 5.69 Å². The Balaban J connectivity index is 2.06. The van der Waals surface area contributed by atoms with Gasteiger partial charge in [-0.1, -0.05) is 55.8 Å². The van der Waals surface area contributed by atoms with Gasteiger partial charge in [-0.25, -0.2) is 0 Å². The van der Waals surface area contributed by atoms with E-state index in [1.807, 2.05) is 18.2 Å². The molecule has 19 heavy (non-hydrogen) atoms. The summed E-state index contributed by atoms with van der Waals surface area (Å²) in [5.41, 5.74) is 9.34. The first kappa shape index (κ1) is 14.3. The second kappa shape index (κ2) is 6.36. The van der Waals surface area contributed by atoms with E-state index in [2.05, 4.69) is 38.1 Å². The van der Waals surface area contributed by atoms with Crippen LogP contribution in [0.3, 0.4) is 0 Å². The number of thioether (sulfide) groups is 1. The van der Waals surface area contributed by atoms with Gasteiger partial charge >= 0.3 is 0 Å². The number of anilines is 1. The van der Waals surface area contributed by atoms with Gasteiger partial charge in [0.25, 0.3) is 0 Å². The first-order chi connectivity index (χ1) is 9.08. The molecule has 0 aliphatic heterocycles. The number of hydrogen-bond donors (Lipinski definition) is 1. The van der Waals surface area contributed by atoms with Crippen LogP contribution < -0.4 is 5.73 Å². The summed E-state index contributed by atoms with van der Waals surface area (Å²) in [7, 11) is 0. The molecule has 0 saturated carbocycles. The molecular formula is C16H18ClNS. The second-order valence-electron chi connectivity index (χ2n) is 4.84. The zero-order valence-electron chi connectivity index (χ0n) is 11.2. The predicted octanol–water partition coefficient (Wildman–Crippen LogP) is 5.34. The third-order valence-electron chi connectivity index (χ3n) is 3.03. The maximum absolute atomic E-state index is 6.16. The lowest BCUT2D eigenvalue weighted by atomic mass is 10.0. The molecule has 100 valence electrons. The summed E-state index contributed by atoms with van der Waals surface area (Å²) in [5, 5.41) is 0.726. The largest absolute Gasteiger partial charge is 0.398 e. The Bertz CT molecular complexity index is 529. The molecule has 0 aromatic heterocycles. The SMILES string of the molecule is CC(C)c1ccc(CSc2c(N)cccc2Cl)cc1. The zero-order chi connectivity index (χ0) is 13.8. The summed E-state index contributed by atoms with van der Waals surface area (Å²) in [5.74, 6) is 1.45. The van der Waals surface area contributed by atoms with Crippen LogP contribution >= 0.6 is 23.4 Å². The van der Waals surface area contributed by atoms with Crippen LogP contribution in [0.5, 0.6) is 0 Å². The molecule has 2 aromatic rings. The molecule has 0 amide bonds. The van der Waals surface area contributed by atoms with Gasteiger partial charge in [0.05, 0.1) is 5.02 Å². The molecule has 0 bridgehead atoms. The van der Waals surface area contributed by atoms with Crippen molar-refractivity contribution in [1.82, 2.24) is 0 Å². The van der Waals surface area contributed by atoms with Crippen LogP contribution in [0.25, 0.3) is 0 Å². The van der Waals surface area contributed by atoms with E-state index >= 15 is 0 Å². The molecule has 2 aromatic carbocycles. The minimum absolute atomic E-state index is 0.570. The Morgan fingerprint density at radius 3 is 2.37 bits per heavy atom. The Morgan fingerprint density at radius 2 is 1.79 bits per heavy atom. The van der Waals surface area contributed by atoms with Crippen LogP contribution in [0.15, 0.2) is 47.4 Å². The molecule has 1 nitrogen and oxygen atoms in total. The van der Waals surface area contributed by atoms with Crippen molar-refractivity contribution in [2.45, 2.75) is 30.4 Å². The van der Waals surface area contributed by atoms with E-state index in [4.69, 9.17) is 17.3 Å². The third kappa shape index (κ3) is 3.68. The van der Waals surface area contributed by atoms with Crippen molar-refractivity contribution >= 4 is 29.1 Å². The third-order valence-corrected chi connectivity index (χ3v) is 4.68. The molecule has 0 unspecified atom stereocenters. The fourth-order valence-electron chi connectivity index (χ4n) is 1.83. The smallest absolute Gasteiger partial charge is 0.0562 e. The second-order valence-corrected chi connectivity index (χ2v) is 6.24. The van der Waals surface area contributed by atoms with Gasteiger partial charge < -0.3 is 5.73 Å². The highest BCUT2D eigenvalue weighted by atomic mass is 35.5. The van der Waals surface area contributed by atoms with Gasteiger partial charge in [-0.2, -0.15) is 0 Å². The van der Waals surface area contributed by atoms with Crippen molar-refractivity contribution in [3.05, 3.63) is 58.6 Å². The van der Waals surface area contributed by atoms with Crippen molar-refractivity contribution in [2.24, 2.45) is 0 Å². The maximum Gasteiger partial charge on any atom is 0.0562 e. The van der Waals surface area contributed by atoms with Gasteiger partial charge in [-0.3, -0.25) is 0 Å². The van der Waals surface area contributed by atoms with Gasteiger partial charge in [0.15, 0.2) is 0 Å². The van der Waals surface area contributed by atoms with Crippen LogP contribution in [-0.2, 0) is 5.75 Å². The number of nitrogen functional groups attached to an aromatic ring is 1. The predicted molar refractivity (Wildman–Crippen MR) is 86.0 cm³/mol. The lowest BCUT2D eigenvalue weighted by Gasteiger charge is -2.09. The number of nitrogens with two attached hydrogens (primary N) is 1. The van der Waals surface area contributed by atoms with E-state index in [-0.39, 0.29) is 0 Å². The summed E-state index contributed by atoms with van der Waals surface area (Å²) < 4.78 is 0. The topological polar surface area (TPSA) is 26.0 Å². The molecule has 0 spiro atoms. The first-order valence-electron chi connectivity index (χ1n) is 6.33. The number of hydrogen-bond acceptors (Lipinski definition) is 2. The number of rotatable bonds is 4. The molecule has 2 N–H and O–H groups in total. The molecule has 0 saturated heterocycles. The Hall–Kier alpha value is -1.12. The van der Waals surface area contributed by atoms with Gasteiger partial charge in [0, 0.05) is 16.3 Å². The Labute approximate surface area is 124 Å².